The number of nitrogens with zero attached hydrogens (tertiary/aromatic N) is 3. The second-order valence-electron chi connectivity index (χ2n) is 4.83. The highest BCUT2D eigenvalue weighted by atomic mass is 16.5. The van der Waals surface area contributed by atoms with E-state index < -0.39 is 0 Å². The number of anilines is 1. The van der Waals surface area contributed by atoms with Gasteiger partial charge in [0, 0.05) is 36.8 Å². The highest BCUT2D eigenvalue weighted by Crippen LogP contribution is 2.22. The molecule has 1 aromatic heterocycles. The molecular formula is C12H18N4O. The number of aromatic nitrogens is 2. The standard InChI is InChI=1S/C12H18N4O/c1-8-10-7-17-5-3-11(10)15-12(14-8)16-4-2-9(13)6-16/h9H,2-7,13H2,1H3. The third kappa shape index (κ3) is 2.00. The summed E-state index contributed by atoms with van der Waals surface area (Å²) in [7, 11) is 0. The third-order valence-corrected chi connectivity index (χ3v) is 3.52. The molecule has 0 aliphatic carbocycles. The molecule has 0 amide bonds. The highest BCUT2D eigenvalue weighted by molar-refractivity contribution is 5.38. The molecule has 2 aliphatic rings. The number of fused-ring (bicyclic) bond motifs is 1. The molecule has 1 atom stereocenters. The maximum absolute atomic E-state index is 5.92. The summed E-state index contributed by atoms with van der Waals surface area (Å²) < 4.78 is 5.45. The van der Waals surface area contributed by atoms with Gasteiger partial charge in [-0.05, 0) is 13.3 Å². The van der Waals surface area contributed by atoms with Gasteiger partial charge < -0.3 is 15.4 Å². The molecule has 0 spiro atoms. The van der Waals surface area contributed by atoms with E-state index in [0.717, 1.165) is 49.9 Å². The molecule has 5 heteroatoms. The van der Waals surface area contributed by atoms with E-state index in [4.69, 9.17) is 10.5 Å². The Balaban J connectivity index is 1.93. The smallest absolute Gasteiger partial charge is 0.225 e. The number of hydrogen-bond acceptors (Lipinski definition) is 5. The van der Waals surface area contributed by atoms with Crippen LogP contribution in [-0.2, 0) is 17.8 Å². The van der Waals surface area contributed by atoms with Crippen LogP contribution in [0, 0.1) is 6.92 Å². The molecule has 92 valence electrons. The van der Waals surface area contributed by atoms with Crippen molar-refractivity contribution in [2.75, 3.05) is 24.6 Å². The Hall–Kier alpha value is -1.20. The van der Waals surface area contributed by atoms with E-state index in [2.05, 4.69) is 14.9 Å². The summed E-state index contributed by atoms with van der Waals surface area (Å²) in [6.45, 7) is 5.29. The molecule has 1 saturated heterocycles. The SMILES string of the molecule is Cc1nc(N2CCC(N)C2)nc2c1COCC2. The van der Waals surface area contributed by atoms with Crippen molar-refractivity contribution in [1.82, 2.24) is 9.97 Å². The van der Waals surface area contributed by atoms with Gasteiger partial charge in [0.1, 0.15) is 0 Å². The van der Waals surface area contributed by atoms with Crippen molar-refractivity contribution in [3.8, 4) is 0 Å². The summed E-state index contributed by atoms with van der Waals surface area (Å²) in [5.41, 5.74) is 9.29. The van der Waals surface area contributed by atoms with E-state index in [1.165, 1.54) is 5.56 Å². The Morgan fingerprint density at radius 1 is 1.41 bits per heavy atom. The molecule has 0 aromatic carbocycles. The summed E-state index contributed by atoms with van der Waals surface area (Å²) >= 11 is 0. The maximum Gasteiger partial charge on any atom is 0.225 e. The lowest BCUT2D eigenvalue weighted by molar-refractivity contribution is 0.108. The Bertz CT molecular complexity index is 435. The predicted octanol–water partition coefficient (Wildman–Crippen LogP) is 0.395. The van der Waals surface area contributed by atoms with E-state index in [1.807, 2.05) is 6.92 Å². The molecule has 1 aromatic rings. The average molecular weight is 234 g/mol. The van der Waals surface area contributed by atoms with Gasteiger partial charge in [-0.1, -0.05) is 0 Å². The molecule has 2 N–H and O–H groups in total. The minimum Gasteiger partial charge on any atom is -0.376 e. The fourth-order valence-electron chi connectivity index (χ4n) is 2.49. The monoisotopic (exact) mass is 234 g/mol. The molecule has 3 rings (SSSR count). The first-order valence-corrected chi connectivity index (χ1v) is 6.18. The molecule has 1 unspecified atom stereocenters. The van der Waals surface area contributed by atoms with Gasteiger partial charge in [-0.2, -0.15) is 0 Å². The van der Waals surface area contributed by atoms with Crippen LogP contribution < -0.4 is 10.6 Å². The van der Waals surface area contributed by atoms with E-state index in [-0.39, 0.29) is 6.04 Å². The number of aryl methyl sites for hydroxylation is 1. The van der Waals surface area contributed by atoms with Gasteiger partial charge in [-0.25, -0.2) is 9.97 Å². The predicted molar refractivity (Wildman–Crippen MR) is 64.9 cm³/mol. The van der Waals surface area contributed by atoms with Crippen LogP contribution in [-0.4, -0.2) is 35.7 Å². The van der Waals surface area contributed by atoms with Crippen molar-refractivity contribution < 1.29 is 4.74 Å². The van der Waals surface area contributed by atoms with Crippen LogP contribution in [0.1, 0.15) is 23.4 Å². The fourth-order valence-corrected chi connectivity index (χ4v) is 2.49. The van der Waals surface area contributed by atoms with E-state index in [0.29, 0.717) is 6.61 Å². The van der Waals surface area contributed by atoms with Crippen LogP contribution in [0.15, 0.2) is 0 Å². The third-order valence-electron chi connectivity index (χ3n) is 3.52. The van der Waals surface area contributed by atoms with Gasteiger partial charge in [-0.15, -0.1) is 0 Å². The lowest BCUT2D eigenvalue weighted by Crippen LogP contribution is -2.28. The second kappa shape index (κ2) is 4.23. The van der Waals surface area contributed by atoms with Gasteiger partial charge in [0.25, 0.3) is 0 Å². The first kappa shape index (κ1) is 10.9. The molecule has 5 nitrogen and oxygen atoms in total. The first-order chi connectivity index (χ1) is 8.24. The normalized spacial score (nSPS) is 23.9. The van der Waals surface area contributed by atoms with Gasteiger partial charge in [0.15, 0.2) is 0 Å². The van der Waals surface area contributed by atoms with E-state index in [9.17, 15) is 0 Å². The maximum atomic E-state index is 5.92. The number of rotatable bonds is 1. The van der Waals surface area contributed by atoms with Gasteiger partial charge in [0.05, 0.1) is 18.9 Å². The highest BCUT2D eigenvalue weighted by Gasteiger charge is 2.24. The molecule has 1 fully saturated rings. The summed E-state index contributed by atoms with van der Waals surface area (Å²) in [6, 6.07) is 0.262. The molecule has 0 saturated carbocycles. The van der Waals surface area contributed by atoms with Crippen molar-refractivity contribution in [1.29, 1.82) is 0 Å². The van der Waals surface area contributed by atoms with Gasteiger partial charge >= 0.3 is 0 Å². The van der Waals surface area contributed by atoms with Crippen LogP contribution in [0.25, 0.3) is 0 Å². The Labute approximate surface area is 101 Å². The van der Waals surface area contributed by atoms with E-state index >= 15 is 0 Å². The zero-order valence-electron chi connectivity index (χ0n) is 10.1. The van der Waals surface area contributed by atoms with Crippen molar-refractivity contribution >= 4 is 5.95 Å². The fraction of sp³-hybridized carbons (Fsp3) is 0.667. The zero-order valence-corrected chi connectivity index (χ0v) is 10.1. The lowest BCUT2D eigenvalue weighted by Gasteiger charge is -2.22. The number of nitrogens with two attached hydrogens (primary N) is 1. The minimum atomic E-state index is 0.262. The zero-order chi connectivity index (χ0) is 11.8. The first-order valence-electron chi connectivity index (χ1n) is 6.18. The van der Waals surface area contributed by atoms with Crippen molar-refractivity contribution in [3.05, 3.63) is 17.0 Å². The van der Waals surface area contributed by atoms with E-state index in [1.54, 1.807) is 0 Å². The lowest BCUT2D eigenvalue weighted by atomic mass is 10.1. The van der Waals surface area contributed by atoms with Crippen LogP contribution in [0.4, 0.5) is 5.95 Å². The Morgan fingerprint density at radius 3 is 3.06 bits per heavy atom. The van der Waals surface area contributed by atoms with Crippen LogP contribution in [0.2, 0.25) is 0 Å². The van der Waals surface area contributed by atoms with Crippen LogP contribution >= 0.6 is 0 Å². The minimum absolute atomic E-state index is 0.262. The average Bonchev–Trinajstić information content (AvgIpc) is 2.76. The van der Waals surface area contributed by atoms with Gasteiger partial charge in [0.2, 0.25) is 5.95 Å². The second-order valence-corrected chi connectivity index (χ2v) is 4.83. The molecule has 3 heterocycles. The van der Waals surface area contributed by atoms with Crippen LogP contribution in [0.5, 0.6) is 0 Å². The molecule has 17 heavy (non-hydrogen) atoms. The largest absolute Gasteiger partial charge is 0.376 e. The molecule has 0 bridgehead atoms. The summed E-state index contributed by atoms with van der Waals surface area (Å²) in [6.07, 6.45) is 1.92. The van der Waals surface area contributed by atoms with Crippen molar-refractivity contribution in [2.45, 2.75) is 32.4 Å². The quantitative estimate of drug-likeness (QED) is 0.761. The van der Waals surface area contributed by atoms with Crippen molar-refractivity contribution in [2.24, 2.45) is 5.73 Å². The van der Waals surface area contributed by atoms with Crippen LogP contribution in [0.3, 0.4) is 0 Å². The summed E-state index contributed by atoms with van der Waals surface area (Å²) in [4.78, 5) is 11.4. The Kier molecular flexibility index (Phi) is 2.72. The van der Waals surface area contributed by atoms with Crippen molar-refractivity contribution in [3.63, 3.8) is 0 Å². The number of hydrogen-bond donors (Lipinski definition) is 1. The number of ether oxygens (including phenoxy) is 1. The summed E-state index contributed by atoms with van der Waals surface area (Å²) in [5, 5.41) is 0. The molecule has 0 radical (unpaired) electrons. The Morgan fingerprint density at radius 2 is 2.29 bits per heavy atom. The topological polar surface area (TPSA) is 64.3 Å². The van der Waals surface area contributed by atoms with Gasteiger partial charge in [-0.3, -0.25) is 0 Å². The summed E-state index contributed by atoms with van der Waals surface area (Å²) in [5.74, 6) is 0.844. The molecular weight excluding hydrogens is 216 g/mol. The molecule has 2 aliphatic heterocycles.